The van der Waals surface area contributed by atoms with Crippen molar-refractivity contribution >= 4 is 32.8 Å². The van der Waals surface area contributed by atoms with Crippen molar-refractivity contribution in [1.29, 1.82) is 0 Å². The number of aliphatic carboxylic acids is 1. The zero-order valence-electron chi connectivity index (χ0n) is 10.6. The molecule has 3 rings (SSSR count). The largest absolute Gasteiger partial charge is 0.480 e. The Morgan fingerprint density at radius 3 is 2.90 bits per heavy atom. The predicted octanol–water partition coefficient (Wildman–Crippen LogP) is 3.70. The lowest BCUT2D eigenvalue weighted by Gasteiger charge is -2.09. The van der Waals surface area contributed by atoms with Crippen LogP contribution in [0.5, 0.6) is 0 Å². The number of hydrogen-bond acceptors (Lipinski definition) is 3. The molecule has 0 radical (unpaired) electrons. The molecule has 0 aliphatic heterocycles. The average Bonchev–Trinajstić information content (AvgIpc) is 3.03. The van der Waals surface area contributed by atoms with Gasteiger partial charge in [-0.15, -0.1) is 0 Å². The van der Waals surface area contributed by atoms with Crippen molar-refractivity contribution in [2.45, 2.75) is 13.0 Å². The Hall–Kier alpha value is -2.08. The molecule has 1 unspecified atom stereocenters. The third kappa shape index (κ3) is 2.02. The van der Waals surface area contributed by atoms with E-state index in [4.69, 9.17) is 4.52 Å². The molecule has 0 aliphatic rings. The third-order valence-electron chi connectivity index (χ3n) is 3.28. The van der Waals surface area contributed by atoms with Crippen molar-refractivity contribution in [3.63, 3.8) is 0 Å². The summed E-state index contributed by atoms with van der Waals surface area (Å²) >= 11 is 3.44. The molecular weight excluding hydrogens is 324 g/mol. The number of carbonyl (C=O) groups is 1. The molecule has 1 aromatic carbocycles. The van der Waals surface area contributed by atoms with Crippen LogP contribution in [0.3, 0.4) is 0 Å². The van der Waals surface area contributed by atoms with Crippen molar-refractivity contribution in [3.8, 4) is 11.3 Å². The normalized spacial score (nSPS) is 12.7. The molecule has 0 fully saturated rings. The van der Waals surface area contributed by atoms with E-state index >= 15 is 0 Å². The molecule has 3 aromatic rings. The van der Waals surface area contributed by atoms with Crippen LogP contribution in [0.2, 0.25) is 0 Å². The van der Waals surface area contributed by atoms with Crippen molar-refractivity contribution in [2.75, 3.05) is 0 Å². The Kier molecular flexibility index (Phi) is 3.10. The Morgan fingerprint density at radius 1 is 1.45 bits per heavy atom. The van der Waals surface area contributed by atoms with E-state index in [1.165, 1.54) is 6.26 Å². The third-order valence-corrected chi connectivity index (χ3v) is 3.78. The number of carboxylic acid groups (broad SMARTS) is 1. The van der Waals surface area contributed by atoms with E-state index in [2.05, 4.69) is 21.1 Å². The molecular formula is C14H11BrN2O3. The van der Waals surface area contributed by atoms with Crippen LogP contribution in [0, 0.1) is 0 Å². The maximum absolute atomic E-state index is 11.2. The molecule has 0 amide bonds. The van der Waals surface area contributed by atoms with Gasteiger partial charge in [-0.25, -0.2) is 4.79 Å². The summed E-state index contributed by atoms with van der Waals surface area (Å²) in [4.78, 5) is 11.2. The van der Waals surface area contributed by atoms with Crippen LogP contribution in [-0.4, -0.2) is 20.8 Å². The first-order chi connectivity index (χ1) is 9.58. The van der Waals surface area contributed by atoms with Crippen LogP contribution in [0.4, 0.5) is 0 Å². The first-order valence-corrected chi connectivity index (χ1v) is 6.81. The fraction of sp³-hybridized carbons (Fsp3) is 0.143. The molecule has 5 nitrogen and oxygen atoms in total. The number of fused-ring (bicyclic) bond motifs is 1. The van der Waals surface area contributed by atoms with E-state index in [9.17, 15) is 9.90 Å². The SMILES string of the molecule is CC(C(=O)O)n1cc(-c2ccon2)c2cc(Br)ccc21. The first kappa shape index (κ1) is 12.9. The molecule has 6 heteroatoms. The number of nitrogens with zero attached hydrogens (tertiary/aromatic N) is 2. The van der Waals surface area contributed by atoms with Gasteiger partial charge in [0.15, 0.2) is 0 Å². The van der Waals surface area contributed by atoms with E-state index in [1.807, 2.05) is 18.2 Å². The van der Waals surface area contributed by atoms with Gasteiger partial charge in [0, 0.05) is 33.2 Å². The fourth-order valence-corrected chi connectivity index (χ4v) is 2.58. The molecule has 2 heterocycles. The van der Waals surface area contributed by atoms with E-state index in [0.717, 1.165) is 20.9 Å². The van der Waals surface area contributed by atoms with E-state index in [1.54, 1.807) is 23.8 Å². The van der Waals surface area contributed by atoms with Crippen LogP contribution in [-0.2, 0) is 4.79 Å². The van der Waals surface area contributed by atoms with Crippen molar-refractivity contribution < 1.29 is 14.4 Å². The summed E-state index contributed by atoms with van der Waals surface area (Å²) in [7, 11) is 0. The molecule has 20 heavy (non-hydrogen) atoms. The number of benzene rings is 1. The zero-order chi connectivity index (χ0) is 14.3. The monoisotopic (exact) mass is 334 g/mol. The molecule has 0 saturated heterocycles. The Balaban J connectivity index is 2.30. The maximum Gasteiger partial charge on any atom is 0.326 e. The molecule has 1 atom stereocenters. The van der Waals surface area contributed by atoms with Gasteiger partial charge in [0.25, 0.3) is 0 Å². The lowest BCUT2D eigenvalue weighted by molar-refractivity contribution is -0.140. The summed E-state index contributed by atoms with van der Waals surface area (Å²) in [6.45, 7) is 1.65. The van der Waals surface area contributed by atoms with Crippen LogP contribution in [0.1, 0.15) is 13.0 Å². The number of halogens is 1. The summed E-state index contributed by atoms with van der Waals surface area (Å²) in [6.07, 6.45) is 3.30. The summed E-state index contributed by atoms with van der Waals surface area (Å²) in [6, 6.07) is 6.83. The van der Waals surface area contributed by atoms with Gasteiger partial charge in [-0.1, -0.05) is 21.1 Å². The highest BCUT2D eigenvalue weighted by Crippen LogP contribution is 2.33. The van der Waals surface area contributed by atoms with Crippen LogP contribution >= 0.6 is 15.9 Å². The van der Waals surface area contributed by atoms with Gasteiger partial charge < -0.3 is 14.2 Å². The minimum Gasteiger partial charge on any atom is -0.480 e. The van der Waals surface area contributed by atoms with E-state index in [-0.39, 0.29) is 0 Å². The molecule has 0 bridgehead atoms. The number of aromatic nitrogens is 2. The molecule has 102 valence electrons. The van der Waals surface area contributed by atoms with Gasteiger partial charge in [0.1, 0.15) is 18.0 Å². The summed E-state index contributed by atoms with van der Waals surface area (Å²) in [5, 5.41) is 14.1. The Morgan fingerprint density at radius 2 is 2.25 bits per heavy atom. The highest BCUT2D eigenvalue weighted by molar-refractivity contribution is 9.10. The predicted molar refractivity (Wildman–Crippen MR) is 77.5 cm³/mol. The second kappa shape index (κ2) is 4.79. The number of rotatable bonds is 3. The zero-order valence-corrected chi connectivity index (χ0v) is 12.2. The molecule has 0 aliphatic carbocycles. The van der Waals surface area contributed by atoms with Gasteiger partial charge >= 0.3 is 5.97 Å². The van der Waals surface area contributed by atoms with Gasteiger partial charge in [0.05, 0.1) is 0 Å². The van der Waals surface area contributed by atoms with Gasteiger partial charge in [-0.05, 0) is 25.1 Å². The highest BCUT2D eigenvalue weighted by Gasteiger charge is 2.19. The minimum absolute atomic E-state index is 0.653. The minimum atomic E-state index is -0.878. The lowest BCUT2D eigenvalue weighted by Crippen LogP contribution is -2.14. The Bertz CT molecular complexity index is 777. The molecule has 1 N–H and O–H groups in total. The second-order valence-corrected chi connectivity index (χ2v) is 5.43. The van der Waals surface area contributed by atoms with Gasteiger partial charge in [-0.3, -0.25) is 0 Å². The number of carboxylic acids is 1. The molecule has 0 spiro atoms. The smallest absolute Gasteiger partial charge is 0.326 e. The second-order valence-electron chi connectivity index (χ2n) is 4.51. The average molecular weight is 335 g/mol. The number of hydrogen-bond donors (Lipinski definition) is 1. The lowest BCUT2D eigenvalue weighted by atomic mass is 10.1. The van der Waals surface area contributed by atoms with Crippen LogP contribution in [0.25, 0.3) is 22.2 Å². The first-order valence-electron chi connectivity index (χ1n) is 6.01. The van der Waals surface area contributed by atoms with Crippen molar-refractivity contribution in [1.82, 2.24) is 9.72 Å². The van der Waals surface area contributed by atoms with Gasteiger partial charge in [0.2, 0.25) is 0 Å². The summed E-state index contributed by atoms with van der Waals surface area (Å²) in [5.41, 5.74) is 2.38. The van der Waals surface area contributed by atoms with E-state index in [0.29, 0.717) is 5.69 Å². The highest BCUT2D eigenvalue weighted by atomic mass is 79.9. The molecule has 0 saturated carbocycles. The quantitative estimate of drug-likeness (QED) is 0.792. The summed E-state index contributed by atoms with van der Waals surface area (Å²) < 4.78 is 7.53. The Labute approximate surface area is 122 Å². The van der Waals surface area contributed by atoms with Crippen molar-refractivity contribution in [3.05, 3.63) is 41.2 Å². The van der Waals surface area contributed by atoms with Crippen LogP contribution in [0.15, 0.2) is 45.7 Å². The van der Waals surface area contributed by atoms with E-state index < -0.39 is 12.0 Å². The topological polar surface area (TPSA) is 68.3 Å². The fourth-order valence-electron chi connectivity index (χ4n) is 2.22. The standard InChI is InChI=1S/C14H11BrN2O3/c1-8(14(18)19)17-7-11(12-4-5-20-16-12)10-6-9(15)2-3-13(10)17/h2-8H,1H3,(H,18,19). The maximum atomic E-state index is 11.2. The van der Waals surface area contributed by atoms with Crippen molar-refractivity contribution in [2.24, 2.45) is 0 Å². The van der Waals surface area contributed by atoms with Gasteiger partial charge in [-0.2, -0.15) is 0 Å². The molecule has 2 aromatic heterocycles. The summed E-state index contributed by atoms with van der Waals surface area (Å²) in [5.74, 6) is -0.878. The van der Waals surface area contributed by atoms with Crippen LogP contribution < -0.4 is 0 Å².